The lowest BCUT2D eigenvalue weighted by Gasteiger charge is -2.14. The third-order valence-electron chi connectivity index (χ3n) is 3.29. The van der Waals surface area contributed by atoms with Crippen LogP contribution in [0.5, 0.6) is 0 Å². The molecule has 2 aromatic rings. The highest BCUT2D eigenvalue weighted by Crippen LogP contribution is 2.53. The van der Waals surface area contributed by atoms with Gasteiger partial charge in [0, 0.05) is 18.0 Å². The molecule has 0 saturated heterocycles. The minimum absolute atomic E-state index is 0.120. The Bertz CT molecular complexity index is 454. The van der Waals surface area contributed by atoms with Crippen LogP contribution in [0.15, 0.2) is 42.7 Å². The number of rotatable bonds is 0. The number of aromatic nitrogens is 1. The molecule has 2 nitrogen and oxygen atoms in total. The maximum Gasteiger partial charge on any atom is 0.111 e. The van der Waals surface area contributed by atoms with E-state index in [2.05, 4.69) is 35.3 Å². The normalized spacial score (nSPS) is 25.1. The lowest BCUT2D eigenvalue weighted by Crippen LogP contribution is -2.02. The molecule has 2 unspecified atom stereocenters. The highest BCUT2D eigenvalue weighted by Gasteiger charge is 2.42. The van der Waals surface area contributed by atoms with Crippen LogP contribution < -0.4 is 0 Å². The Morgan fingerprint density at radius 1 is 0.867 bits per heavy atom. The van der Waals surface area contributed by atoms with Crippen molar-refractivity contribution < 1.29 is 4.74 Å². The van der Waals surface area contributed by atoms with E-state index in [-0.39, 0.29) is 12.2 Å². The van der Waals surface area contributed by atoms with Crippen molar-refractivity contribution in [1.82, 2.24) is 4.98 Å². The van der Waals surface area contributed by atoms with Crippen molar-refractivity contribution >= 4 is 0 Å². The minimum atomic E-state index is 0.120. The largest absolute Gasteiger partial charge is 0.356 e. The number of ether oxygens (including phenoxy) is 1. The Hall–Kier alpha value is -1.67. The number of hydrogen-bond donors (Lipinski definition) is 0. The van der Waals surface area contributed by atoms with Gasteiger partial charge in [-0.05, 0) is 22.8 Å². The third-order valence-corrected chi connectivity index (χ3v) is 3.29. The molecular formula is C13H9NO. The second-order valence-electron chi connectivity index (χ2n) is 4.03. The molecule has 0 amide bonds. The lowest BCUT2D eigenvalue weighted by molar-refractivity contribution is 0.0857. The van der Waals surface area contributed by atoms with Gasteiger partial charge in [0.1, 0.15) is 12.2 Å². The summed E-state index contributed by atoms with van der Waals surface area (Å²) in [6, 6.07) is 10.5. The molecule has 2 heteroatoms. The Labute approximate surface area is 87.5 Å². The van der Waals surface area contributed by atoms with Crippen molar-refractivity contribution in [3.8, 4) is 0 Å². The average Bonchev–Trinajstić information content (AvgIpc) is 2.86. The van der Waals surface area contributed by atoms with E-state index in [4.69, 9.17) is 4.74 Å². The second kappa shape index (κ2) is 2.47. The fraction of sp³-hybridized carbons (Fsp3) is 0.154. The number of pyridine rings is 1. The van der Waals surface area contributed by atoms with Gasteiger partial charge in [0.2, 0.25) is 0 Å². The summed E-state index contributed by atoms with van der Waals surface area (Å²) in [5, 5.41) is 0. The third kappa shape index (κ3) is 0.809. The minimum Gasteiger partial charge on any atom is -0.356 e. The highest BCUT2D eigenvalue weighted by atomic mass is 16.5. The molecule has 0 fully saturated rings. The van der Waals surface area contributed by atoms with Gasteiger partial charge in [-0.2, -0.15) is 0 Å². The van der Waals surface area contributed by atoms with Crippen LogP contribution in [-0.2, 0) is 4.74 Å². The molecule has 3 heterocycles. The zero-order valence-corrected chi connectivity index (χ0v) is 8.05. The van der Waals surface area contributed by atoms with Crippen molar-refractivity contribution in [3.63, 3.8) is 0 Å². The Morgan fingerprint density at radius 3 is 2.33 bits per heavy atom. The van der Waals surface area contributed by atoms with Crippen LogP contribution in [0.1, 0.15) is 34.5 Å². The quantitative estimate of drug-likeness (QED) is 0.644. The van der Waals surface area contributed by atoms with Crippen LogP contribution in [0.4, 0.5) is 0 Å². The standard InChI is InChI=1S/C13H9NO/c1-2-4-9-8(3-1)12-10-5-6-14-7-11(10)13(9)15-12/h1-7,12-13H. The monoisotopic (exact) mass is 195 g/mol. The van der Waals surface area contributed by atoms with Crippen LogP contribution in [0.3, 0.4) is 0 Å². The lowest BCUT2D eigenvalue weighted by atomic mass is 9.87. The predicted molar refractivity (Wildman–Crippen MR) is 55.5 cm³/mol. The van der Waals surface area contributed by atoms with Gasteiger partial charge < -0.3 is 4.74 Å². The van der Waals surface area contributed by atoms with E-state index >= 15 is 0 Å². The van der Waals surface area contributed by atoms with Gasteiger partial charge in [0.15, 0.2) is 0 Å². The molecule has 2 bridgehead atoms. The number of hydrogen-bond acceptors (Lipinski definition) is 2. The van der Waals surface area contributed by atoms with Gasteiger partial charge in [-0.25, -0.2) is 0 Å². The summed E-state index contributed by atoms with van der Waals surface area (Å²) in [6.07, 6.45) is 4.03. The van der Waals surface area contributed by atoms with Gasteiger partial charge in [0.25, 0.3) is 0 Å². The summed E-state index contributed by atoms with van der Waals surface area (Å²) in [4.78, 5) is 4.17. The predicted octanol–water partition coefficient (Wildman–Crippen LogP) is 2.60. The topological polar surface area (TPSA) is 22.1 Å². The molecule has 2 atom stereocenters. The summed E-state index contributed by atoms with van der Waals surface area (Å²) >= 11 is 0. The van der Waals surface area contributed by atoms with Crippen molar-refractivity contribution in [1.29, 1.82) is 0 Å². The van der Waals surface area contributed by atoms with Crippen molar-refractivity contribution in [2.24, 2.45) is 0 Å². The molecule has 2 aliphatic rings. The van der Waals surface area contributed by atoms with Gasteiger partial charge in [0.05, 0.1) is 0 Å². The number of benzene rings is 1. The van der Waals surface area contributed by atoms with Gasteiger partial charge in [-0.3, -0.25) is 4.98 Å². The van der Waals surface area contributed by atoms with Crippen LogP contribution >= 0.6 is 0 Å². The van der Waals surface area contributed by atoms with Crippen LogP contribution in [-0.4, -0.2) is 4.98 Å². The van der Waals surface area contributed by atoms with E-state index in [9.17, 15) is 0 Å². The molecule has 0 saturated carbocycles. The van der Waals surface area contributed by atoms with Crippen molar-refractivity contribution in [2.75, 3.05) is 0 Å². The molecule has 0 spiro atoms. The zero-order valence-electron chi connectivity index (χ0n) is 8.05. The van der Waals surface area contributed by atoms with Gasteiger partial charge in [-0.1, -0.05) is 24.3 Å². The fourth-order valence-corrected chi connectivity index (χ4v) is 2.63. The molecule has 2 aliphatic heterocycles. The van der Waals surface area contributed by atoms with E-state index in [1.807, 2.05) is 12.4 Å². The summed E-state index contributed by atoms with van der Waals surface area (Å²) in [6.45, 7) is 0. The Balaban J connectivity index is 2.02. The molecule has 0 aliphatic carbocycles. The molecule has 1 aromatic carbocycles. The summed E-state index contributed by atoms with van der Waals surface area (Å²) < 4.78 is 5.97. The Morgan fingerprint density at radius 2 is 1.53 bits per heavy atom. The van der Waals surface area contributed by atoms with E-state index in [1.54, 1.807) is 0 Å². The molecular weight excluding hydrogens is 186 g/mol. The van der Waals surface area contributed by atoms with Gasteiger partial charge >= 0.3 is 0 Å². The molecule has 15 heavy (non-hydrogen) atoms. The first-order valence-electron chi connectivity index (χ1n) is 5.13. The van der Waals surface area contributed by atoms with Crippen LogP contribution in [0, 0.1) is 0 Å². The maximum atomic E-state index is 5.97. The summed E-state index contributed by atoms with van der Waals surface area (Å²) in [7, 11) is 0. The van der Waals surface area contributed by atoms with Crippen molar-refractivity contribution in [3.05, 3.63) is 65.0 Å². The van der Waals surface area contributed by atoms with E-state index < -0.39 is 0 Å². The fourth-order valence-electron chi connectivity index (χ4n) is 2.63. The first-order chi connectivity index (χ1) is 7.45. The van der Waals surface area contributed by atoms with E-state index in [0.717, 1.165) is 0 Å². The number of fused-ring (bicyclic) bond motifs is 8. The summed E-state index contributed by atoms with van der Waals surface area (Å²) in [5.41, 5.74) is 5.15. The van der Waals surface area contributed by atoms with Crippen molar-refractivity contribution in [2.45, 2.75) is 12.2 Å². The second-order valence-corrected chi connectivity index (χ2v) is 4.03. The zero-order chi connectivity index (χ0) is 9.83. The van der Waals surface area contributed by atoms with E-state index in [0.29, 0.717) is 0 Å². The van der Waals surface area contributed by atoms with Gasteiger partial charge in [-0.15, -0.1) is 0 Å². The average molecular weight is 195 g/mol. The maximum absolute atomic E-state index is 5.97. The highest BCUT2D eigenvalue weighted by molar-refractivity contribution is 5.52. The van der Waals surface area contributed by atoms with Crippen LogP contribution in [0.2, 0.25) is 0 Å². The van der Waals surface area contributed by atoms with Crippen LogP contribution in [0.25, 0.3) is 0 Å². The molecule has 0 radical (unpaired) electrons. The molecule has 0 N–H and O–H groups in total. The first kappa shape index (κ1) is 7.60. The number of nitrogens with zero attached hydrogens (tertiary/aromatic N) is 1. The Kier molecular flexibility index (Phi) is 1.25. The first-order valence-corrected chi connectivity index (χ1v) is 5.13. The smallest absolute Gasteiger partial charge is 0.111 e. The molecule has 72 valence electrons. The summed E-state index contributed by atoms with van der Waals surface area (Å²) in [5.74, 6) is 0. The SMILES string of the molecule is c1ccc2c(c1)C1OC2c2cnccc21. The van der Waals surface area contributed by atoms with E-state index in [1.165, 1.54) is 22.3 Å². The molecule has 4 rings (SSSR count). The molecule has 1 aromatic heterocycles.